The SMILES string of the molecule is CC.CCC(C)c1cc(C(CNC(=O)c2cc(C=NC3CC3)c(N)c(OC)c2)C2CCCC2)nc(-c2ccc(F)cc2)c1C.NC=O. The van der Waals surface area contributed by atoms with Crippen LogP contribution in [0.4, 0.5) is 10.1 Å². The van der Waals surface area contributed by atoms with Gasteiger partial charge in [-0.25, -0.2) is 4.39 Å². The minimum Gasteiger partial charge on any atom is -0.495 e. The Hall–Kier alpha value is -4.27. The molecular formula is C38H52FN5O3. The van der Waals surface area contributed by atoms with Gasteiger partial charge >= 0.3 is 0 Å². The Morgan fingerprint density at radius 3 is 2.34 bits per heavy atom. The minimum atomic E-state index is -0.262. The monoisotopic (exact) mass is 645 g/mol. The van der Waals surface area contributed by atoms with Gasteiger partial charge in [0, 0.05) is 41.1 Å². The number of benzene rings is 2. The van der Waals surface area contributed by atoms with E-state index in [9.17, 15) is 9.18 Å². The zero-order chi connectivity index (χ0) is 34.5. The number of ether oxygens (including phenoxy) is 1. The molecule has 5 rings (SSSR count). The third-order valence-electron chi connectivity index (χ3n) is 9.05. The molecule has 1 aromatic heterocycles. The number of aromatic nitrogens is 1. The van der Waals surface area contributed by atoms with E-state index in [2.05, 4.69) is 42.9 Å². The lowest BCUT2D eigenvalue weighted by Crippen LogP contribution is -2.32. The van der Waals surface area contributed by atoms with Crippen molar-refractivity contribution < 1.29 is 18.7 Å². The fourth-order valence-corrected chi connectivity index (χ4v) is 6.10. The van der Waals surface area contributed by atoms with Crippen LogP contribution in [0, 0.1) is 18.7 Å². The lowest BCUT2D eigenvalue weighted by Gasteiger charge is -2.27. The molecule has 0 spiro atoms. The molecule has 0 bridgehead atoms. The maximum Gasteiger partial charge on any atom is 0.251 e. The van der Waals surface area contributed by atoms with E-state index in [1.165, 1.54) is 30.5 Å². The Labute approximate surface area is 279 Å². The predicted molar refractivity (Wildman–Crippen MR) is 190 cm³/mol. The van der Waals surface area contributed by atoms with Gasteiger partial charge in [-0.15, -0.1) is 0 Å². The van der Waals surface area contributed by atoms with Crippen molar-refractivity contribution in [1.82, 2.24) is 10.3 Å². The fraction of sp³-hybridized carbons (Fsp3) is 0.474. The topological polar surface area (TPSA) is 133 Å². The summed E-state index contributed by atoms with van der Waals surface area (Å²) in [5.74, 6) is 0.865. The van der Waals surface area contributed by atoms with Gasteiger partial charge in [-0.05, 0) is 104 Å². The van der Waals surface area contributed by atoms with Crippen molar-refractivity contribution in [1.29, 1.82) is 0 Å². The van der Waals surface area contributed by atoms with E-state index < -0.39 is 0 Å². The second-order valence-electron chi connectivity index (χ2n) is 12.1. The normalized spacial score (nSPS) is 15.6. The summed E-state index contributed by atoms with van der Waals surface area (Å²) in [5, 5.41) is 3.22. The average molecular weight is 646 g/mol. The number of hydrogen-bond donors (Lipinski definition) is 3. The quantitative estimate of drug-likeness (QED) is 0.112. The molecule has 2 amide bonds. The number of anilines is 1. The summed E-state index contributed by atoms with van der Waals surface area (Å²) in [6.45, 7) is 11.0. The molecule has 0 saturated heterocycles. The van der Waals surface area contributed by atoms with E-state index in [-0.39, 0.29) is 24.1 Å². The van der Waals surface area contributed by atoms with Crippen LogP contribution < -0.4 is 21.5 Å². The van der Waals surface area contributed by atoms with E-state index in [1.807, 2.05) is 13.8 Å². The molecule has 5 N–H and O–H groups in total. The number of nitrogens with zero attached hydrogens (tertiary/aromatic N) is 2. The number of pyridine rings is 1. The Balaban J connectivity index is 0.00000114. The molecule has 2 aliphatic carbocycles. The van der Waals surface area contributed by atoms with Crippen molar-refractivity contribution in [3.8, 4) is 17.0 Å². The molecular weight excluding hydrogens is 593 g/mol. The van der Waals surface area contributed by atoms with Crippen molar-refractivity contribution in [3.63, 3.8) is 0 Å². The molecule has 8 nitrogen and oxygen atoms in total. The van der Waals surface area contributed by atoms with Crippen LogP contribution in [0.25, 0.3) is 11.3 Å². The molecule has 0 aliphatic heterocycles. The number of aliphatic imine (C=N–C) groups is 1. The van der Waals surface area contributed by atoms with E-state index in [0.29, 0.717) is 47.0 Å². The van der Waals surface area contributed by atoms with Crippen molar-refractivity contribution in [3.05, 3.63) is 76.2 Å². The predicted octanol–water partition coefficient (Wildman–Crippen LogP) is 7.71. The number of nitrogen functional groups attached to an aromatic ring is 1. The van der Waals surface area contributed by atoms with Crippen molar-refractivity contribution >= 4 is 24.2 Å². The van der Waals surface area contributed by atoms with Gasteiger partial charge in [0.1, 0.15) is 11.6 Å². The van der Waals surface area contributed by atoms with E-state index >= 15 is 0 Å². The van der Waals surface area contributed by atoms with Crippen LogP contribution in [0.3, 0.4) is 0 Å². The largest absolute Gasteiger partial charge is 0.495 e. The first-order valence-electron chi connectivity index (χ1n) is 16.9. The zero-order valence-electron chi connectivity index (χ0n) is 28.8. The van der Waals surface area contributed by atoms with Gasteiger partial charge in [0.25, 0.3) is 5.91 Å². The fourth-order valence-electron chi connectivity index (χ4n) is 6.10. The van der Waals surface area contributed by atoms with Gasteiger partial charge in [-0.3, -0.25) is 19.6 Å². The van der Waals surface area contributed by atoms with Crippen LogP contribution in [0.15, 0.2) is 47.5 Å². The molecule has 2 saturated carbocycles. The average Bonchev–Trinajstić information content (AvgIpc) is 3.77. The third-order valence-corrected chi connectivity index (χ3v) is 9.05. The number of halogens is 1. The number of hydrogen-bond acceptors (Lipinski definition) is 6. The number of amides is 2. The number of rotatable bonds is 11. The van der Waals surface area contributed by atoms with Gasteiger partial charge in [0.15, 0.2) is 0 Å². The number of nitrogens with two attached hydrogens (primary N) is 2. The first-order valence-corrected chi connectivity index (χ1v) is 16.9. The summed E-state index contributed by atoms with van der Waals surface area (Å²) in [6.07, 6.45) is 9.78. The van der Waals surface area contributed by atoms with Gasteiger partial charge in [0.05, 0.1) is 24.5 Å². The maximum absolute atomic E-state index is 13.8. The molecule has 2 fully saturated rings. The highest BCUT2D eigenvalue weighted by molar-refractivity contribution is 5.99. The van der Waals surface area contributed by atoms with E-state index in [0.717, 1.165) is 54.6 Å². The maximum atomic E-state index is 13.8. The lowest BCUT2D eigenvalue weighted by molar-refractivity contribution is -0.106. The van der Waals surface area contributed by atoms with Crippen LogP contribution in [0.5, 0.6) is 5.75 Å². The van der Waals surface area contributed by atoms with Gasteiger partial charge in [-0.2, -0.15) is 0 Å². The zero-order valence-corrected chi connectivity index (χ0v) is 28.8. The Bertz CT molecular complexity index is 1500. The molecule has 9 heteroatoms. The van der Waals surface area contributed by atoms with E-state index in [1.54, 1.807) is 37.6 Å². The molecule has 47 heavy (non-hydrogen) atoms. The van der Waals surface area contributed by atoms with Gasteiger partial charge in [0.2, 0.25) is 6.41 Å². The second-order valence-corrected chi connectivity index (χ2v) is 12.1. The Morgan fingerprint density at radius 2 is 1.77 bits per heavy atom. The molecule has 1 heterocycles. The van der Waals surface area contributed by atoms with Crippen LogP contribution in [-0.2, 0) is 4.79 Å². The third kappa shape index (κ3) is 9.86. The Kier molecular flexibility index (Phi) is 14.4. The standard InChI is InChI=1S/C35H43FN4O2.C2H6.CH3NO/c1-5-21(2)29-18-31(40-34(22(29)3)24-10-12-27(36)13-11-24)30(23-8-6-7-9-23)20-39-35(41)25-16-26(19-38-28-14-15-28)33(37)32(17-25)42-4;1-2;2-1-3/h10-13,16-19,21,23,28,30H,5-9,14-15,20,37H2,1-4H3,(H,39,41);1-2H3;1H,(H2,2,3). The molecule has 2 aliphatic rings. The number of carbonyl (C=O) groups excluding carboxylic acids is 2. The number of nitrogens with one attached hydrogen (secondary N) is 1. The highest BCUT2D eigenvalue weighted by Crippen LogP contribution is 2.40. The van der Waals surface area contributed by atoms with E-state index in [4.69, 9.17) is 20.2 Å². The molecule has 254 valence electrons. The van der Waals surface area contributed by atoms with Crippen molar-refractivity contribution in [2.45, 2.75) is 97.4 Å². The van der Waals surface area contributed by atoms with Crippen LogP contribution in [0.1, 0.15) is 117 Å². The highest BCUT2D eigenvalue weighted by atomic mass is 19.1. The van der Waals surface area contributed by atoms with Gasteiger partial charge in [-0.1, -0.05) is 40.5 Å². The number of methoxy groups -OCH3 is 1. The molecule has 2 aromatic carbocycles. The summed E-state index contributed by atoms with van der Waals surface area (Å²) in [5.41, 5.74) is 17.3. The van der Waals surface area contributed by atoms with Crippen LogP contribution in [0.2, 0.25) is 0 Å². The molecule has 0 radical (unpaired) electrons. The first kappa shape index (κ1) is 37.2. The second kappa shape index (κ2) is 18.2. The first-order chi connectivity index (χ1) is 22.7. The number of carbonyl (C=O) groups is 2. The van der Waals surface area contributed by atoms with Gasteiger partial charge < -0.3 is 21.5 Å². The smallest absolute Gasteiger partial charge is 0.251 e. The summed E-state index contributed by atoms with van der Waals surface area (Å²) >= 11 is 0. The van der Waals surface area contributed by atoms with Crippen molar-refractivity contribution in [2.75, 3.05) is 19.4 Å². The number of primary amides is 1. The minimum absolute atomic E-state index is 0.0608. The Morgan fingerprint density at radius 1 is 1.13 bits per heavy atom. The highest BCUT2D eigenvalue weighted by Gasteiger charge is 2.30. The summed E-state index contributed by atoms with van der Waals surface area (Å²) in [6, 6.07) is 12.7. The van der Waals surface area contributed by atoms with Crippen LogP contribution >= 0.6 is 0 Å². The summed E-state index contributed by atoms with van der Waals surface area (Å²) in [4.78, 5) is 31.9. The molecule has 2 atom stereocenters. The molecule has 3 aromatic rings. The summed E-state index contributed by atoms with van der Waals surface area (Å²) in [7, 11) is 1.56. The molecule has 2 unspecified atom stereocenters. The lowest BCUT2D eigenvalue weighted by atomic mass is 9.84. The van der Waals surface area contributed by atoms with Crippen molar-refractivity contribution in [2.24, 2.45) is 16.6 Å². The summed E-state index contributed by atoms with van der Waals surface area (Å²) < 4.78 is 19.3. The van der Waals surface area contributed by atoms with Crippen LogP contribution in [-0.4, -0.2) is 43.2 Å².